The number of hydrogen-bond acceptors (Lipinski definition) is 2. The van der Waals surface area contributed by atoms with Gasteiger partial charge in [-0.2, -0.15) is 0 Å². The lowest BCUT2D eigenvalue weighted by atomic mass is 10.2. The molecular weight excluding hydrogens is 238 g/mol. The van der Waals surface area contributed by atoms with Crippen molar-refractivity contribution in [3.8, 4) is 0 Å². The first-order chi connectivity index (χ1) is 9.36. The van der Waals surface area contributed by atoms with Gasteiger partial charge in [-0.1, -0.05) is 19.8 Å². The summed E-state index contributed by atoms with van der Waals surface area (Å²) in [5.74, 6) is 1.81. The van der Waals surface area contributed by atoms with E-state index in [1.807, 2.05) is 0 Å². The summed E-state index contributed by atoms with van der Waals surface area (Å²) in [6.07, 6.45) is 7.49. The normalized spacial score (nSPS) is 15.6. The molecule has 4 heteroatoms. The standard InChI is InChI=1S/C15H31N3O/c1-3-5-6-10-17-15(16-4-2)18-11-7-12-19-13-14-8-9-14/h14H,3-13H2,1-2H3,(H2,16,17,18). The molecule has 1 aliphatic rings. The molecule has 0 aliphatic heterocycles. The summed E-state index contributed by atoms with van der Waals surface area (Å²) < 4.78 is 5.60. The third kappa shape index (κ3) is 9.77. The van der Waals surface area contributed by atoms with Crippen LogP contribution in [0.5, 0.6) is 0 Å². The van der Waals surface area contributed by atoms with Crippen LogP contribution in [0.2, 0.25) is 0 Å². The molecule has 19 heavy (non-hydrogen) atoms. The SMILES string of the molecule is CCCCCNC(=NCCCOCC1CC1)NCC. The summed E-state index contributed by atoms with van der Waals surface area (Å²) in [6, 6.07) is 0. The molecule has 0 spiro atoms. The van der Waals surface area contributed by atoms with Gasteiger partial charge < -0.3 is 15.4 Å². The van der Waals surface area contributed by atoms with Crippen molar-refractivity contribution < 1.29 is 4.74 Å². The van der Waals surface area contributed by atoms with Crippen molar-refractivity contribution in [1.29, 1.82) is 0 Å². The van der Waals surface area contributed by atoms with Crippen LogP contribution in [0, 0.1) is 5.92 Å². The summed E-state index contributed by atoms with van der Waals surface area (Å²) in [5.41, 5.74) is 0. The van der Waals surface area contributed by atoms with Crippen LogP contribution in [0.15, 0.2) is 4.99 Å². The van der Waals surface area contributed by atoms with Crippen LogP contribution >= 0.6 is 0 Å². The molecule has 0 heterocycles. The number of guanidine groups is 1. The Balaban J connectivity index is 2.01. The minimum Gasteiger partial charge on any atom is -0.381 e. The molecule has 0 aromatic heterocycles. The van der Waals surface area contributed by atoms with Gasteiger partial charge in [0.2, 0.25) is 0 Å². The Morgan fingerprint density at radius 3 is 2.68 bits per heavy atom. The van der Waals surface area contributed by atoms with Gasteiger partial charge in [0.25, 0.3) is 0 Å². The van der Waals surface area contributed by atoms with Gasteiger partial charge in [-0.3, -0.25) is 4.99 Å². The van der Waals surface area contributed by atoms with E-state index in [-0.39, 0.29) is 0 Å². The zero-order chi connectivity index (χ0) is 13.8. The molecule has 0 atom stereocenters. The van der Waals surface area contributed by atoms with E-state index in [0.717, 1.165) is 51.1 Å². The average Bonchev–Trinajstić information content (AvgIpc) is 3.22. The number of ether oxygens (including phenoxy) is 1. The van der Waals surface area contributed by atoms with E-state index in [4.69, 9.17) is 4.74 Å². The number of hydrogen-bond donors (Lipinski definition) is 2. The fourth-order valence-electron chi connectivity index (χ4n) is 1.82. The molecule has 1 rings (SSSR count). The van der Waals surface area contributed by atoms with Crippen LogP contribution in [0.1, 0.15) is 52.4 Å². The highest BCUT2D eigenvalue weighted by Crippen LogP contribution is 2.28. The number of rotatable bonds is 11. The molecule has 0 radical (unpaired) electrons. The summed E-state index contributed by atoms with van der Waals surface area (Å²) in [6.45, 7) is 8.89. The minimum atomic E-state index is 0.841. The lowest BCUT2D eigenvalue weighted by Crippen LogP contribution is -2.37. The molecule has 1 fully saturated rings. The van der Waals surface area contributed by atoms with Crippen LogP contribution in [0.4, 0.5) is 0 Å². The van der Waals surface area contributed by atoms with Gasteiger partial charge in [0.1, 0.15) is 0 Å². The number of nitrogens with one attached hydrogen (secondary N) is 2. The van der Waals surface area contributed by atoms with Crippen molar-refractivity contribution in [1.82, 2.24) is 10.6 Å². The lowest BCUT2D eigenvalue weighted by molar-refractivity contribution is 0.123. The van der Waals surface area contributed by atoms with Gasteiger partial charge in [0.05, 0.1) is 0 Å². The Bertz CT molecular complexity index is 240. The molecule has 0 aromatic carbocycles. The summed E-state index contributed by atoms with van der Waals surface area (Å²) in [7, 11) is 0. The second-order valence-corrected chi connectivity index (χ2v) is 5.27. The van der Waals surface area contributed by atoms with E-state index < -0.39 is 0 Å². The van der Waals surface area contributed by atoms with E-state index in [1.165, 1.54) is 32.1 Å². The maximum Gasteiger partial charge on any atom is 0.191 e. The average molecular weight is 269 g/mol. The Morgan fingerprint density at radius 2 is 2.00 bits per heavy atom. The van der Waals surface area contributed by atoms with E-state index >= 15 is 0 Å². The number of aliphatic imine (C=N–C) groups is 1. The van der Waals surface area contributed by atoms with Crippen LogP contribution in [-0.2, 0) is 4.74 Å². The highest BCUT2D eigenvalue weighted by molar-refractivity contribution is 5.79. The molecule has 0 aromatic rings. The van der Waals surface area contributed by atoms with Gasteiger partial charge in [0.15, 0.2) is 5.96 Å². The third-order valence-corrected chi connectivity index (χ3v) is 3.18. The smallest absolute Gasteiger partial charge is 0.191 e. The van der Waals surface area contributed by atoms with E-state index in [2.05, 4.69) is 29.5 Å². The summed E-state index contributed by atoms with van der Waals surface area (Å²) in [4.78, 5) is 4.56. The van der Waals surface area contributed by atoms with Crippen molar-refractivity contribution in [2.45, 2.75) is 52.4 Å². The molecular formula is C15H31N3O. The molecule has 1 saturated carbocycles. The quantitative estimate of drug-likeness (QED) is 0.344. The molecule has 0 bridgehead atoms. The molecule has 112 valence electrons. The topological polar surface area (TPSA) is 45.7 Å². The van der Waals surface area contributed by atoms with Gasteiger partial charge in [-0.25, -0.2) is 0 Å². The van der Waals surface area contributed by atoms with Crippen molar-refractivity contribution >= 4 is 5.96 Å². The number of unbranched alkanes of at least 4 members (excludes halogenated alkanes) is 2. The van der Waals surface area contributed by atoms with Gasteiger partial charge in [-0.05, 0) is 38.5 Å². The largest absolute Gasteiger partial charge is 0.381 e. The lowest BCUT2D eigenvalue weighted by Gasteiger charge is -2.11. The van der Waals surface area contributed by atoms with Crippen LogP contribution in [0.25, 0.3) is 0 Å². The van der Waals surface area contributed by atoms with Gasteiger partial charge in [0, 0.05) is 32.8 Å². The summed E-state index contributed by atoms with van der Waals surface area (Å²) in [5, 5.41) is 6.65. The van der Waals surface area contributed by atoms with Crippen LogP contribution in [-0.4, -0.2) is 38.8 Å². The van der Waals surface area contributed by atoms with Crippen molar-refractivity contribution in [2.75, 3.05) is 32.8 Å². The monoisotopic (exact) mass is 269 g/mol. The fraction of sp³-hybridized carbons (Fsp3) is 0.933. The first-order valence-corrected chi connectivity index (χ1v) is 7.96. The maximum absolute atomic E-state index is 5.60. The third-order valence-electron chi connectivity index (χ3n) is 3.18. The van der Waals surface area contributed by atoms with E-state index in [1.54, 1.807) is 0 Å². The predicted octanol–water partition coefficient (Wildman–Crippen LogP) is 2.55. The van der Waals surface area contributed by atoms with Crippen molar-refractivity contribution in [3.63, 3.8) is 0 Å². The Kier molecular flexibility index (Phi) is 9.51. The molecule has 2 N–H and O–H groups in total. The Hall–Kier alpha value is -0.770. The zero-order valence-electron chi connectivity index (χ0n) is 12.7. The highest BCUT2D eigenvalue weighted by atomic mass is 16.5. The van der Waals surface area contributed by atoms with Crippen molar-refractivity contribution in [2.24, 2.45) is 10.9 Å². The Morgan fingerprint density at radius 1 is 1.16 bits per heavy atom. The fourth-order valence-corrected chi connectivity index (χ4v) is 1.82. The molecule has 0 amide bonds. The second kappa shape index (κ2) is 11.1. The van der Waals surface area contributed by atoms with E-state index in [9.17, 15) is 0 Å². The van der Waals surface area contributed by atoms with E-state index in [0.29, 0.717) is 0 Å². The van der Waals surface area contributed by atoms with Crippen LogP contribution in [0.3, 0.4) is 0 Å². The highest BCUT2D eigenvalue weighted by Gasteiger charge is 2.20. The zero-order valence-corrected chi connectivity index (χ0v) is 12.7. The van der Waals surface area contributed by atoms with Gasteiger partial charge in [-0.15, -0.1) is 0 Å². The van der Waals surface area contributed by atoms with Crippen LogP contribution < -0.4 is 10.6 Å². The van der Waals surface area contributed by atoms with Crippen molar-refractivity contribution in [3.05, 3.63) is 0 Å². The minimum absolute atomic E-state index is 0.841. The molecule has 0 saturated heterocycles. The first-order valence-electron chi connectivity index (χ1n) is 7.96. The maximum atomic E-state index is 5.60. The molecule has 1 aliphatic carbocycles. The summed E-state index contributed by atoms with van der Waals surface area (Å²) >= 11 is 0. The van der Waals surface area contributed by atoms with Gasteiger partial charge >= 0.3 is 0 Å². The number of nitrogens with zero attached hydrogens (tertiary/aromatic N) is 1. The second-order valence-electron chi connectivity index (χ2n) is 5.27. The molecule has 0 unspecified atom stereocenters. The predicted molar refractivity (Wildman–Crippen MR) is 81.7 cm³/mol. The first kappa shape index (κ1) is 16.3. The Labute approximate surface area is 118 Å². The molecule has 4 nitrogen and oxygen atoms in total.